The number of carbonyl (C=O) groups excluding carboxylic acids is 1. The molecule has 0 bridgehead atoms. The van der Waals surface area contributed by atoms with Gasteiger partial charge in [-0.15, -0.1) is 0 Å². The molecule has 1 atom stereocenters. The number of nitrogens with two attached hydrogens (primary N) is 1. The molecule has 1 fully saturated rings. The molecule has 0 spiro atoms. The van der Waals surface area contributed by atoms with E-state index in [0.717, 1.165) is 0 Å². The molecular formula is C11H22N2O3. The highest BCUT2D eigenvalue weighted by Gasteiger charge is 2.31. The van der Waals surface area contributed by atoms with Crippen LogP contribution < -0.4 is 11.2 Å². The SMILES string of the molecule is CC(C)(C)OC(=O)NCC(CON)C1CC1. The number of carbonyl (C=O) groups is 1. The second-order valence-corrected chi connectivity index (χ2v) is 5.31. The molecule has 0 radical (unpaired) electrons. The number of hydrogen-bond acceptors (Lipinski definition) is 4. The fourth-order valence-corrected chi connectivity index (χ4v) is 1.58. The topological polar surface area (TPSA) is 73.6 Å². The van der Waals surface area contributed by atoms with Gasteiger partial charge in [-0.05, 0) is 39.5 Å². The molecule has 3 N–H and O–H groups in total. The van der Waals surface area contributed by atoms with E-state index in [1.54, 1.807) is 0 Å². The van der Waals surface area contributed by atoms with Crippen molar-refractivity contribution in [2.45, 2.75) is 39.2 Å². The molecule has 5 nitrogen and oxygen atoms in total. The van der Waals surface area contributed by atoms with Crippen molar-refractivity contribution in [3.05, 3.63) is 0 Å². The van der Waals surface area contributed by atoms with Crippen LogP contribution in [0.15, 0.2) is 0 Å². The van der Waals surface area contributed by atoms with Crippen LogP contribution in [0, 0.1) is 11.8 Å². The zero-order valence-electron chi connectivity index (χ0n) is 10.3. The summed E-state index contributed by atoms with van der Waals surface area (Å²) in [7, 11) is 0. The van der Waals surface area contributed by atoms with E-state index in [4.69, 9.17) is 10.6 Å². The maximum atomic E-state index is 11.4. The van der Waals surface area contributed by atoms with Crippen molar-refractivity contribution < 1.29 is 14.4 Å². The highest BCUT2D eigenvalue weighted by atomic mass is 16.6. The van der Waals surface area contributed by atoms with Gasteiger partial charge in [0.1, 0.15) is 5.60 Å². The Labute approximate surface area is 96.6 Å². The molecule has 1 amide bonds. The van der Waals surface area contributed by atoms with Crippen molar-refractivity contribution in [1.82, 2.24) is 5.32 Å². The Kier molecular flexibility index (Phi) is 4.56. The smallest absolute Gasteiger partial charge is 0.407 e. The highest BCUT2D eigenvalue weighted by molar-refractivity contribution is 5.67. The Bertz CT molecular complexity index is 234. The second kappa shape index (κ2) is 5.50. The second-order valence-electron chi connectivity index (χ2n) is 5.31. The maximum absolute atomic E-state index is 11.4. The number of hydrogen-bond donors (Lipinski definition) is 2. The minimum absolute atomic E-state index is 0.303. The van der Waals surface area contributed by atoms with Gasteiger partial charge in [0, 0.05) is 12.5 Å². The monoisotopic (exact) mass is 230 g/mol. The number of amides is 1. The first kappa shape index (κ1) is 13.3. The third-order valence-electron chi connectivity index (χ3n) is 2.51. The summed E-state index contributed by atoms with van der Waals surface area (Å²) in [4.78, 5) is 16.1. The first-order valence-electron chi connectivity index (χ1n) is 5.71. The summed E-state index contributed by atoms with van der Waals surface area (Å²) in [6, 6.07) is 0. The summed E-state index contributed by atoms with van der Waals surface area (Å²) < 4.78 is 5.14. The van der Waals surface area contributed by atoms with Crippen LogP contribution in [0.5, 0.6) is 0 Å². The lowest BCUT2D eigenvalue weighted by Gasteiger charge is -2.21. The van der Waals surface area contributed by atoms with Crippen LogP contribution in [0.3, 0.4) is 0 Å². The average Bonchev–Trinajstić information content (AvgIpc) is 2.92. The zero-order chi connectivity index (χ0) is 12.2. The molecule has 0 aliphatic heterocycles. The summed E-state index contributed by atoms with van der Waals surface area (Å²) in [6.07, 6.45) is 2.02. The third kappa shape index (κ3) is 5.32. The quantitative estimate of drug-likeness (QED) is 0.701. The molecule has 1 unspecified atom stereocenters. The Hall–Kier alpha value is -0.810. The van der Waals surface area contributed by atoms with Gasteiger partial charge in [-0.2, -0.15) is 0 Å². The third-order valence-corrected chi connectivity index (χ3v) is 2.51. The van der Waals surface area contributed by atoms with Crippen molar-refractivity contribution >= 4 is 6.09 Å². The first-order valence-corrected chi connectivity index (χ1v) is 5.71. The summed E-state index contributed by atoms with van der Waals surface area (Å²) in [6.45, 7) is 6.58. The molecule has 0 aromatic heterocycles. The van der Waals surface area contributed by atoms with Crippen molar-refractivity contribution in [2.24, 2.45) is 17.7 Å². The molecule has 1 aliphatic carbocycles. The van der Waals surface area contributed by atoms with Crippen LogP contribution in [0.2, 0.25) is 0 Å². The van der Waals surface area contributed by atoms with Crippen molar-refractivity contribution in [3.8, 4) is 0 Å². The van der Waals surface area contributed by atoms with Gasteiger partial charge in [0.2, 0.25) is 0 Å². The summed E-state index contributed by atoms with van der Waals surface area (Å²) in [5.74, 6) is 6.00. The number of alkyl carbamates (subject to hydrolysis) is 1. The van der Waals surface area contributed by atoms with Crippen LogP contribution in [0.4, 0.5) is 4.79 Å². The fourth-order valence-electron chi connectivity index (χ4n) is 1.58. The largest absolute Gasteiger partial charge is 0.444 e. The van der Waals surface area contributed by atoms with Gasteiger partial charge in [-0.1, -0.05) is 0 Å². The summed E-state index contributed by atoms with van der Waals surface area (Å²) in [5, 5.41) is 2.75. The summed E-state index contributed by atoms with van der Waals surface area (Å²) in [5.41, 5.74) is -0.455. The molecule has 0 aromatic rings. The lowest BCUT2D eigenvalue weighted by Crippen LogP contribution is -2.37. The van der Waals surface area contributed by atoms with Crippen LogP contribution in [0.25, 0.3) is 0 Å². The fraction of sp³-hybridized carbons (Fsp3) is 0.909. The van der Waals surface area contributed by atoms with Gasteiger partial charge >= 0.3 is 6.09 Å². The van der Waals surface area contributed by atoms with Crippen molar-refractivity contribution in [3.63, 3.8) is 0 Å². The number of ether oxygens (including phenoxy) is 1. The molecule has 1 saturated carbocycles. The van der Waals surface area contributed by atoms with E-state index in [2.05, 4.69) is 10.2 Å². The van der Waals surface area contributed by atoms with Gasteiger partial charge in [0.25, 0.3) is 0 Å². The molecule has 16 heavy (non-hydrogen) atoms. The van der Waals surface area contributed by atoms with Crippen LogP contribution in [-0.4, -0.2) is 24.8 Å². The zero-order valence-corrected chi connectivity index (χ0v) is 10.3. The molecule has 1 aliphatic rings. The van der Waals surface area contributed by atoms with Crippen molar-refractivity contribution in [2.75, 3.05) is 13.2 Å². The minimum atomic E-state index is -0.455. The predicted molar refractivity (Wildman–Crippen MR) is 60.6 cm³/mol. The Morgan fingerprint density at radius 3 is 2.56 bits per heavy atom. The van der Waals surface area contributed by atoms with Crippen LogP contribution >= 0.6 is 0 Å². The van der Waals surface area contributed by atoms with Gasteiger partial charge in [-0.3, -0.25) is 0 Å². The van der Waals surface area contributed by atoms with E-state index in [0.29, 0.717) is 25.0 Å². The predicted octanol–water partition coefficient (Wildman–Crippen LogP) is 1.43. The van der Waals surface area contributed by atoms with Gasteiger partial charge in [0.15, 0.2) is 0 Å². The van der Waals surface area contributed by atoms with E-state index in [1.165, 1.54) is 12.8 Å². The summed E-state index contributed by atoms with van der Waals surface area (Å²) >= 11 is 0. The van der Waals surface area contributed by atoms with E-state index < -0.39 is 5.60 Å². The van der Waals surface area contributed by atoms with E-state index >= 15 is 0 Å². The molecule has 0 aromatic carbocycles. The molecule has 0 heterocycles. The van der Waals surface area contributed by atoms with E-state index in [9.17, 15) is 4.79 Å². The lowest BCUT2D eigenvalue weighted by atomic mass is 10.1. The van der Waals surface area contributed by atoms with Gasteiger partial charge in [-0.25, -0.2) is 10.7 Å². The molecule has 5 heteroatoms. The van der Waals surface area contributed by atoms with E-state index in [1.807, 2.05) is 20.8 Å². The highest BCUT2D eigenvalue weighted by Crippen LogP contribution is 2.36. The first-order chi connectivity index (χ1) is 7.42. The number of rotatable bonds is 5. The maximum Gasteiger partial charge on any atom is 0.407 e. The Morgan fingerprint density at radius 1 is 1.50 bits per heavy atom. The standard InChI is InChI=1S/C11H22N2O3/c1-11(2,3)16-10(14)13-6-9(7-15-12)8-4-5-8/h8-9H,4-7,12H2,1-3H3,(H,13,14). The molecular weight excluding hydrogens is 208 g/mol. The lowest BCUT2D eigenvalue weighted by molar-refractivity contribution is 0.0484. The van der Waals surface area contributed by atoms with Gasteiger partial charge in [0.05, 0.1) is 6.61 Å². The normalized spacial score (nSPS) is 18.0. The van der Waals surface area contributed by atoms with Gasteiger partial charge < -0.3 is 14.9 Å². The van der Waals surface area contributed by atoms with Crippen LogP contribution in [0.1, 0.15) is 33.6 Å². The Balaban J connectivity index is 2.23. The molecule has 94 valence electrons. The van der Waals surface area contributed by atoms with Crippen LogP contribution in [-0.2, 0) is 9.57 Å². The van der Waals surface area contributed by atoms with E-state index in [-0.39, 0.29) is 6.09 Å². The van der Waals surface area contributed by atoms with Crippen molar-refractivity contribution in [1.29, 1.82) is 0 Å². The molecule has 1 rings (SSSR count). The Morgan fingerprint density at radius 2 is 2.12 bits per heavy atom. The average molecular weight is 230 g/mol. The minimum Gasteiger partial charge on any atom is -0.444 e. The number of nitrogens with one attached hydrogen (secondary N) is 1. The molecule has 0 saturated heterocycles.